The number of nitro groups is 1. The number of nitro benzene ring substituents is 1. The molecule has 1 N–H and O–H groups in total. The van der Waals surface area contributed by atoms with Crippen LogP contribution >= 0.6 is 0 Å². The number of hydrogen-bond acceptors (Lipinski definition) is 4. The number of rotatable bonds is 6. The molecular formula is C15H20N4O2. The Balaban J connectivity index is 2.21. The minimum Gasteiger partial charge on any atom is -0.374 e. The molecule has 1 aromatic heterocycles. The van der Waals surface area contributed by atoms with Crippen LogP contribution in [0.1, 0.15) is 30.2 Å². The first-order valence-corrected chi connectivity index (χ1v) is 7.01. The minimum absolute atomic E-state index is 0.111. The van der Waals surface area contributed by atoms with Crippen LogP contribution in [0.25, 0.3) is 0 Å². The van der Waals surface area contributed by atoms with Gasteiger partial charge in [0.25, 0.3) is 5.69 Å². The average molecular weight is 288 g/mol. The van der Waals surface area contributed by atoms with Crippen molar-refractivity contribution in [1.29, 1.82) is 0 Å². The van der Waals surface area contributed by atoms with Gasteiger partial charge in [0.1, 0.15) is 5.69 Å². The number of hydrogen-bond donors (Lipinski definition) is 1. The Bertz CT molecular complexity index is 649. The van der Waals surface area contributed by atoms with E-state index < -0.39 is 0 Å². The zero-order chi connectivity index (χ0) is 15.4. The molecule has 0 bridgehead atoms. The molecule has 6 heteroatoms. The summed E-state index contributed by atoms with van der Waals surface area (Å²) < 4.78 is 2.06. The summed E-state index contributed by atoms with van der Waals surface area (Å²) in [6.07, 6.45) is 4.60. The Hall–Kier alpha value is -2.37. The van der Waals surface area contributed by atoms with Gasteiger partial charge in [-0.05, 0) is 37.5 Å². The van der Waals surface area contributed by atoms with Gasteiger partial charge in [-0.15, -0.1) is 0 Å². The Morgan fingerprint density at radius 2 is 2.05 bits per heavy atom. The van der Waals surface area contributed by atoms with E-state index in [0.29, 0.717) is 12.2 Å². The molecule has 0 spiro atoms. The minimum atomic E-state index is -0.349. The third-order valence-electron chi connectivity index (χ3n) is 3.53. The smallest absolute Gasteiger partial charge is 0.292 e. The van der Waals surface area contributed by atoms with Gasteiger partial charge in [0.2, 0.25) is 0 Å². The molecule has 6 nitrogen and oxygen atoms in total. The first-order valence-electron chi connectivity index (χ1n) is 7.01. The maximum Gasteiger partial charge on any atom is 0.292 e. The lowest BCUT2D eigenvalue weighted by Crippen LogP contribution is -2.08. The first-order chi connectivity index (χ1) is 10.0. The molecule has 112 valence electrons. The summed E-state index contributed by atoms with van der Waals surface area (Å²) in [7, 11) is 0. The van der Waals surface area contributed by atoms with Crippen LogP contribution in [0.4, 0.5) is 11.4 Å². The van der Waals surface area contributed by atoms with Crippen molar-refractivity contribution in [1.82, 2.24) is 9.55 Å². The normalized spacial score (nSPS) is 10.6. The summed E-state index contributed by atoms with van der Waals surface area (Å²) in [5, 5.41) is 14.3. The lowest BCUT2D eigenvalue weighted by atomic mass is 10.1. The lowest BCUT2D eigenvalue weighted by molar-refractivity contribution is -0.384. The predicted molar refractivity (Wildman–Crippen MR) is 82.4 cm³/mol. The number of aromatic nitrogens is 2. The molecule has 0 saturated carbocycles. The van der Waals surface area contributed by atoms with Crippen LogP contribution in [0.3, 0.4) is 0 Å². The summed E-state index contributed by atoms with van der Waals surface area (Å²) in [5.41, 5.74) is 3.63. The number of anilines is 1. The lowest BCUT2D eigenvalue weighted by Gasteiger charge is -2.11. The molecule has 2 rings (SSSR count). The van der Waals surface area contributed by atoms with Crippen molar-refractivity contribution in [2.75, 3.05) is 5.32 Å². The Kier molecular flexibility index (Phi) is 4.57. The fraction of sp³-hybridized carbons (Fsp3) is 0.400. The van der Waals surface area contributed by atoms with Gasteiger partial charge in [-0.1, -0.05) is 6.92 Å². The quantitative estimate of drug-likeness (QED) is 0.653. The molecule has 0 unspecified atom stereocenters. The maximum atomic E-state index is 11.2. The van der Waals surface area contributed by atoms with Gasteiger partial charge in [0.15, 0.2) is 0 Å². The highest BCUT2D eigenvalue weighted by Crippen LogP contribution is 2.28. The van der Waals surface area contributed by atoms with Gasteiger partial charge in [-0.3, -0.25) is 10.1 Å². The number of nitrogens with zero attached hydrogens (tertiary/aromatic N) is 3. The van der Waals surface area contributed by atoms with Crippen LogP contribution in [0.2, 0.25) is 0 Å². The third-order valence-corrected chi connectivity index (χ3v) is 3.53. The molecule has 0 radical (unpaired) electrons. The van der Waals surface area contributed by atoms with Crippen LogP contribution in [0, 0.1) is 24.0 Å². The number of imidazole rings is 1. The molecule has 2 aromatic rings. The molecule has 0 aliphatic rings. The van der Waals surface area contributed by atoms with Crippen LogP contribution in [0.15, 0.2) is 24.7 Å². The Labute approximate surface area is 124 Å². The molecule has 21 heavy (non-hydrogen) atoms. The van der Waals surface area contributed by atoms with E-state index in [4.69, 9.17) is 0 Å². The van der Waals surface area contributed by atoms with Crippen molar-refractivity contribution in [3.63, 3.8) is 0 Å². The molecule has 0 saturated heterocycles. The van der Waals surface area contributed by atoms with Gasteiger partial charge < -0.3 is 9.88 Å². The van der Waals surface area contributed by atoms with Crippen molar-refractivity contribution in [2.24, 2.45) is 0 Å². The molecule has 0 atom stereocenters. The fourth-order valence-corrected chi connectivity index (χ4v) is 2.22. The molecule has 1 heterocycles. The SMILES string of the molecule is CCCn1cncc1CNc1cc(C)c(C)cc1[N+](=O)[O-]. The van der Waals surface area contributed by atoms with E-state index in [9.17, 15) is 10.1 Å². The Morgan fingerprint density at radius 1 is 1.33 bits per heavy atom. The van der Waals surface area contributed by atoms with Crippen molar-refractivity contribution in [2.45, 2.75) is 40.3 Å². The largest absolute Gasteiger partial charge is 0.374 e. The second kappa shape index (κ2) is 6.39. The second-order valence-electron chi connectivity index (χ2n) is 5.14. The zero-order valence-electron chi connectivity index (χ0n) is 12.6. The summed E-state index contributed by atoms with van der Waals surface area (Å²) in [4.78, 5) is 14.9. The van der Waals surface area contributed by atoms with E-state index in [1.165, 1.54) is 0 Å². The molecule has 1 aromatic carbocycles. The van der Waals surface area contributed by atoms with E-state index in [2.05, 4.69) is 21.8 Å². The maximum absolute atomic E-state index is 11.2. The first kappa shape index (κ1) is 15.0. The third kappa shape index (κ3) is 3.39. The molecule has 0 aliphatic carbocycles. The monoisotopic (exact) mass is 288 g/mol. The van der Waals surface area contributed by atoms with Crippen LogP contribution in [-0.4, -0.2) is 14.5 Å². The van der Waals surface area contributed by atoms with Gasteiger partial charge in [-0.2, -0.15) is 0 Å². The summed E-state index contributed by atoms with van der Waals surface area (Å²) in [5.74, 6) is 0. The van der Waals surface area contributed by atoms with Crippen molar-refractivity contribution < 1.29 is 4.92 Å². The predicted octanol–water partition coefficient (Wildman–Crippen LogP) is 3.43. The molecule has 0 aliphatic heterocycles. The molecule has 0 amide bonds. The Morgan fingerprint density at radius 3 is 2.71 bits per heavy atom. The van der Waals surface area contributed by atoms with Crippen LogP contribution in [0.5, 0.6) is 0 Å². The van der Waals surface area contributed by atoms with E-state index in [0.717, 1.165) is 29.8 Å². The van der Waals surface area contributed by atoms with Crippen LogP contribution < -0.4 is 5.32 Å². The number of aryl methyl sites for hydroxylation is 3. The second-order valence-corrected chi connectivity index (χ2v) is 5.14. The van der Waals surface area contributed by atoms with E-state index in [-0.39, 0.29) is 10.6 Å². The molecule has 0 fully saturated rings. The highest BCUT2D eigenvalue weighted by molar-refractivity contribution is 5.64. The summed E-state index contributed by atoms with van der Waals surface area (Å²) >= 11 is 0. The van der Waals surface area contributed by atoms with E-state index in [1.807, 2.05) is 19.9 Å². The number of benzene rings is 1. The standard InChI is InChI=1S/C15H20N4O2/c1-4-5-18-10-16-8-13(18)9-17-14-6-11(2)12(3)7-15(14)19(20)21/h6-8,10,17H,4-5,9H2,1-3H3. The van der Waals surface area contributed by atoms with Gasteiger partial charge in [0, 0.05) is 18.8 Å². The highest BCUT2D eigenvalue weighted by Gasteiger charge is 2.15. The van der Waals surface area contributed by atoms with E-state index in [1.54, 1.807) is 18.6 Å². The highest BCUT2D eigenvalue weighted by atomic mass is 16.6. The van der Waals surface area contributed by atoms with Gasteiger partial charge in [-0.25, -0.2) is 4.98 Å². The van der Waals surface area contributed by atoms with Crippen molar-refractivity contribution in [3.05, 3.63) is 51.6 Å². The van der Waals surface area contributed by atoms with E-state index >= 15 is 0 Å². The average Bonchev–Trinajstić information content (AvgIpc) is 2.87. The molecular weight excluding hydrogens is 268 g/mol. The fourth-order valence-electron chi connectivity index (χ4n) is 2.22. The van der Waals surface area contributed by atoms with Crippen LogP contribution in [-0.2, 0) is 13.1 Å². The number of nitrogens with one attached hydrogen (secondary N) is 1. The zero-order valence-corrected chi connectivity index (χ0v) is 12.6. The van der Waals surface area contributed by atoms with Gasteiger partial charge in [0.05, 0.1) is 23.5 Å². The van der Waals surface area contributed by atoms with Crippen molar-refractivity contribution >= 4 is 11.4 Å². The van der Waals surface area contributed by atoms with Gasteiger partial charge >= 0.3 is 0 Å². The summed E-state index contributed by atoms with van der Waals surface area (Å²) in [6, 6.07) is 3.44. The van der Waals surface area contributed by atoms with Crippen molar-refractivity contribution in [3.8, 4) is 0 Å². The summed E-state index contributed by atoms with van der Waals surface area (Å²) in [6.45, 7) is 7.34. The topological polar surface area (TPSA) is 73.0 Å².